The Morgan fingerprint density at radius 1 is 1.18 bits per heavy atom. The third kappa shape index (κ3) is 6.56. The number of halogens is 5. The molecular formula is C13H11F5N4O3S3. The van der Waals surface area contributed by atoms with Gasteiger partial charge in [-0.25, -0.2) is 8.42 Å². The van der Waals surface area contributed by atoms with Gasteiger partial charge in [-0.15, -0.1) is 10.2 Å². The van der Waals surface area contributed by atoms with Crippen LogP contribution in [0.15, 0.2) is 33.5 Å². The zero-order chi connectivity index (χ0) is 20.9. The number of alkyl halides is 5. The van der Waals surface area contributed by atoms with Crippen molar-refractivity contribution in [2.45, 2.75) is 21.2 Å². The minimum Gasteiger partial charge on any atom is -0.351 e. The molecule has 2 aromatic rings. The van der Waals surface area contributed by atoms with Crippen LogP contribution in [-0.4, -0.2) is 48.8 Å². The fourth-order valence-corrected chi connectivity index (χ4v) is 3.94. The molecule has 0 unspecified atom stereocenters. The Labute approximate surface area is 163 Å². The van der Waals surface area contributed by atoms with Gasteiger partial charge in [-0.1, -0.05) is 23.1 Å². The molecule has 0 aliphatic rings. The molecule has 0 radical (unpaired) electrons. The van der Waals surface area contributed by atoms with Crippen LogP contribution in [0.5, 0.6) is 0 Å². The maximum Gasteiger partial charge on any atom is 0.405 e. The summed E-state index contributed by atoms with van der Waals surface area (Å²) in [5.41, 5.74) is 0.184. The fourth-order valence-electron chi connectivity index (χ4n) is 1.67. The summed E-state index contributed by atoms with van der Waals surface area (Å²) in [4.78, 5) is 11.3. The first-order valence-corrected chi connectivity index (χ1v) is 10.5. The number of hydrogen-bond donors (Lipinski definition) is 2. The molecule has 2 N–H and O–H groups in total. The molecule has 15 heteroatoms. The number of benzene rings is 1. The third-order valence-electron chi connectivity index (χ3n) is 2.87. The SMILES string of the molecule is O=C(CSc1nnc(NCC(F)(F)F)s1)Nc1ccc(S(=O)(=O)C(F)F)cc1. The van der Waals surface area contributed by atoms with Crippen LogP contribution in [0.25, 0.3) is 0 Å². The van der Waals surface area contributed by atoms with E-state index in [1.165, 1.54) is 0 Å². The van der Waals surface area contributed by atoms with Gasteiger partial charge in [-0.2, -0.15) is 22.0 Å². The number of nitrogens with zero attached hydrogens (tertiary/aromatic N) is 2. The van der Waals surface area contributed by atoms with Crippen molar-refractivity contribution in [3.05, 3.63) is 24.3 Å². The second-order valence-electron chi connectivity index (χ2n) is 5.01. The Kier molecular flexibility index (Phi) is 7.16. The number of hydrogen-bond acceptors (Lipinski definition) is 8. The summed E-state index contributed by atoms with van der Waals surface area (Å²) in [6, 6.07) is 4.19. The maximum atomic E-state index is 12.4. The molecule has 1 aromatic carbocycles. The molecule has 1 amide bonds. The maximum absolute atomic E-state index is 12.4. The molecule has 0 saturated carbocycles. The molecule has 7 nitrogen and oxygen atoms in total. The van der Waals surface area contributed by atoms with Crippen molar-refractivity contribution < 1.29 is 35.2 Å². The highest BCUT2D eigenvalue weighted by Crippen LogP contribution is 2.27. The van der Waals surface area contributed by atoms with E-state index in [1.807, 2.05) is 0 Å². The molecule has 0 aliphatic heterocycles. The van der Waals surface area contributed by atoms with Crippen molar-refractivity contribution in [2.75, 3.05) is 22.9 Å². The van der Waals surface area contributed by atoms with Crippen molar-refractivity contribution in [1.82, 2.24) is 10.2 Å². The molecule has 0 spiro atoms. The second kappa shape index (κ2) is 9.00. The molecule has 154 valence electrons. The lowest BCUT2D eigenvalue weighted by Crippen LogP contribution is -2.21. The molecule has 0 bridgehead atoms. The average Bonchev–Trinajstić information content (AvgIpc) is 3.06. The Bertz CT molecular complexity index is 916. The number of aromatic nitrogens is 2. The van der Waals surface area contributed by atoms with Crippen LogP contribution in [0, 0.1) is 0 Å². The standard InChI is InChI=1S/C13H11F5N4O3S3/c14-10(15)28(24,25)8-3-1-7(2-4-8)20-9(23)5-26-12-22-21-11(27-12)19-6-13(16,17)18/h1-4,10H,5-6H2,(H,19,21)(H,20,23). The number of amides is 1. The number of thioether (sulfide) groups is 1. The molecule has 1 aromatic heterocycles. The van der Waals surface area contributed by atoms with Gasteiger partial charge in [0.2, 0.25) is 20.9 Å². The molecule has 0 fully saturated rings. The van der Waals surface area contributed by atoms with E-state index >= 15 is 0 Å². The van der Waals surface area contributed by atoms with E-state index in [0.29, 0.717) is 0 Å². The van der Waals surface area contributed by atoms with Crippen LogP contribution in [0.1, 0.15) is 0 Å². The van der Waals surface area contributed by atoms with Crippen LogP contribution in [0.4, 0.5) is 32.8 Å². The number of rotatable bonds is 8. The Morgan fingerprint density at radius 3 is 2.39 bits per heavy atom. The van der Waals surface area contributed by atoms with Gasteiger partial charge in [0.05, 0.1) is 10.6 Å². The lowest BCUT2D eigenvalue weighted by molar-refractivity contribution is -0.115. The predicted molar refractivity (Wildman–Crippen MR) is 93.4 cm³/mol. The minimum absolute atomic E-state index is 0.0453. The van der Waals surface area contributed by atoms with Crippen molar-refractivity contribution >= 4 is 49.7 Å². The number of sulfone groups is 1. The van der Waals surface area contributed by atoms with Crippen LogP contribution >= 0.6 is 23.1 Å². The van der Waals surface area contributed by atoms with Gasteiger partial charge in [-0.05, 0) is 24.3 Å². The third-order valence-corrected chi connectivity index (χ3v) is 6.29. The van der Waals surface area contributed by atoms with Gasteiger partial charge in [0, 0.05) is 5.69 Å². The molecule has 1 heterocycles. The highest BCUT2D eigenvalue weighted by atomic mass is 32.2. The quantitative estimate of drug-likeness (QED) is 0.459. The Morgan fingerprint density at radius 2 is 1.82 bits per heavy atom. The van der Waals surface area contributed by atoms with Gasteiger partial charge in [-0.3, -0.25) is 4.79 Å². The number of anilines is 2. The van der Waals surface area contributed by atoms with E-state index in [-0.39, 0.29) is 20.9 Å². The predicted octanol–water partition coefficient (Wildman–Crippen LogP) is 3.24. The van der Waals surface area contributed by atoms with Crippen LogP contribution in [0.3, 0.4) is 0 Å². The van der Waals surface area contributed by atoms with E-state index in [0.717, 1.165) is 47.4 Å². The number of carbonyl (C=O) groups is 1. The first kappa shape index (κ1) is 22.3. The lowest BCUT2D eigenvalue weighted by atomic mass is 10.3. The van der Waals surface area contributed by atoms with E-state index in [2.05, 4.69) is 20.8 Å². The molecule has 2 rings (SSSR count). The highest BCUT2D eigenvalue weighted by Gasteiger charge is 2.27. The summed E-state index contributed by atoms with van der Waals surface area (Å²) in [6.07, 6.45) is -4.40. The van der Waals surface area contributed by atoms with Crippen molar-refractivity contribution in [1.29, 1.82) is 0 Å². The fraction of sp³-hybridized carbons (Fsp3) is 0.308. The molecule has 0 aliphatic carbocycles. The van der Waals surface area contributed by atoms with Gasteiger partial charge in [0.25, 0.3) is 0 Å². The molecule has 0 saturated heterocycles. The smallest absolute Gasteiger partial charge is 0.351 e. The topological polar surface area (TPSA) is 101 Å². The minimum atomic E-state index is -4.72. The summed E-state index contributed by atoms with van der Waals surface area (Å²) in [6.45, 7) is -1.26. The van der Waals surface area contributed by atoms with Gasteiger partial charge in [0.15, 0.2) is 4.34 Å². The zero-order valence-corrected chi connectivity index (χ0v) is 16.0. The summed E-state index contributed by atoms with van der Waals surface area (Å²) >= 11 is 1.77. The average molecular weight is 462 g/mol. The lowest BCUT2D eigenvalue weighted by Gasteiger charge is -2.06. The highest BCUT2D eigenvalue weighted by molar-refractivity contribution is 8.01. The first-order valence-electron chi connectivity index (χ1n) is 7.16. The zero-order valence-electron chi connectivity index (χ0n) is 13.5. The van der Waals surface area contributed by atoms with Gasteiger partial charge < -0.3 is 10.6 Å². The van der Waals surface area contributed by atoms with Gasteiger partial charge in [0.1, 0.15) is 6.54 Å². The number of carbonyl (C=O) groups excluding carboxylic acids is 1. The van der Waals surface area contributed by atoms with Crippen molar-refractivity contribution in [2.24, 2.45) is 0 Å². The Balaban J connectivity index is 1.85. The normalized spacial score (nSPS) is 12.2. The van der Waals surface area contributed by atoms with Crippen LogP contribution in [-0.2, 0) is 14.6 Å². The summed E-state index contributed by atoms with van der Waals surface area (Å²) in [5.74, 6) is -4.22. The summed E-state index contributed by atoms with van der Waals surface area (Å²) < 4.78 is 84.1. The van der Waals surface area contributed by atoms with Crippen molar-refractivity contribution in [3.63, 3.8) is 0 Å². The van der Waals surface area contributed by atoms with E-state index in [4.69, 9.17) is 0 Å². The Hall–Kier alpha value is -2.00. The van der Waals surface area contributed by atoms with Crippen LogP contribution < -0.4 is 10.6 Å². The molecular weight excluding hydrogens is 451 g/mol. The van der Waals surface area contributed by atoms with Gasteiger partial charge >= 0.3 is 11.9 Å². The second-order valence-corrected chi connectivity index (χ2v) is 9.13. The summed E-state index contributed by atoms with van der Waals surface area (Å²) in [7, 11) is -4.72. The first-order chi connectivity index (χ1) is 13.0. The van der Waals surface area contributed by atoms with Crippen LogP contribution in [0.2, 0.25) is 0 Å². The molecule has 28 heavy (non-hydrogen) atoms. The van der Waals surface area contributed by atoms with E-state index in [1.54, 1.807) is 0 Å². The largest absolute Gasteiger partial charge is 0.405 e. The monoisotopic (exact) mass is 462 g/mol. The number of nitrogens with one attached hydrogen (secondary N) is 2. The van der Waals surface area contributed by atoms with Crippen molar-refractivity contribution in [3.8, 4) is 0 Å². The molecule has 0 atom stereocenters. The summed E-state index contributed by atoms with van der Waals surface area (Å²) in [5, 5.41) is 11.6. The van der Waals surface area contributed by atoms with E-state index in [9.17, 15) is 35.2 Å². The van der Waals surface area contributed by atoms with E-state index < -0.39 is 39.1 Å².